The Bertz CT molecular complexity index is 1500. The SMILES string of the molecule is CCCOc1ccccc1C(=O)NC(=S)Nc1ccccc1C(=O)N1CCN(C(c2ccccc2)c2ccccc2)CC1. The van der Waals surface area contributed by atoms with Crippen LogP contribution in [0.3, 0.4) is 0 Å². The van der Waals surface area contributed by atoms with Crippen molar-refractivity contribution in [3.05, 3.63) is 131 Å². The van der Waals surface area contributed by atoms with E-state index in [0.29, 0.717) is 42.3 Å². The van der Waals surface area contributed by atoms with Crippen molar-refractivity contribution >= 4 is 34.8 Å². The van der Waals surface area contributed by atoms with E-state index in [1.807, 2.05) is 42.2 Å². The lowest BCUT2D eigenvalue weighted by molar-refractivity contribution is 0.0598. The molecule has 8 heteroatoms. The first-order valence-electron chi connectivity index (χ1n) is 14.6. The monoisotopic (exact) mass is 592 g/mol. The third-order valence-corrected chi connectivity index (χ3v) is 7.63. The van der Waals surface area contributed by atoms with E-state index in [9.17, 15) is 9.59 Å². The minimum atomic E-state index is -0.379. The summed E-state index contributed by atoms with van der Waals surface area (Å²) in [5.41, 5.74) is 3.91. The second-order valence-electron chi connectivity index (χ2n) is 10.4. The molecule has 0 spiro atoms. The summed E-state index contributed by atoms with van der Waals surface area (Å²) in [5.74, 6) is 0.0443. The van der Waals surface area contributed by atoms with Crippen molar-refractivity contribution in [3.63, 3.8) is 0 Å². The molecule has 220 valence electrons. The second kappa shape index (κ2) is 14.6. The fourth-order valence-corrected chi connectivity index (χ4v) is 5.54. The molecular weight excluding hydrogens is 556 g/mol. The van der Waals surface area contributed by atoms with Crippen LogP contribution in [0.1, 0.15) is 51.2 Å². The number of anilines is 1. The highest BCUT2D eigenvalue weighted by molar-refractivity contribution is 7.80. The average Bonchev–Trinajstić information content (AvgIpc) is 3.05. The first kappa shape index (κ1) is 29.9. The number of para-hydroxylation sites is 2. The number of amides is 2. The van der Waals surface area contributed by atoms with Gasteiger partial charge in [-0.3, -0.25) is 19.8 Å². The van der Waals surface area contributed by atoms with Crippen LogP contribution in [-0.4, -0.2) is 59.5 Å². The van der Waals surface area contributed by atoms with Crippen molar-refractivity contribution in [2.24, 2.45) is 0 Å². The average molecular weight is 593 g/mol. The number of nitrogens with zero attached hydrogens (tertiary/aromatic N) is 2. The van der Waals surface area contributed by atoms with Crippen molar-refractivity contribution in [1.82, 2.24) is 15.1 Å². The molecule has 1 saturated heterocycles. The predicted molar refractivity (Wildman–Crippen MR) is 175 cm³/mol. The molecule has 4 aromatic carbocycles. The normalized spacial score (nSPS) is 13.4. The number of hydrogen-bond donors (Lipinski definition) is 2. The van der Waals surface area contributed by atoms with Gasteiger partial charge in [0, 0.05) is 26.2 Å². The molecule has 0 aromatic heterocycles. The first-order valence-corrected chi connectivity index (χ1v) is 15.0. The molecule has 43 heavy (non-hydrogen) atoms. The number of hydrogen-bond acceptors (Lipinski definition) is 5. The highest BCUT2D eigenvalue weighted by Gasteiger charge is 2.29. The van der Waals surface area contributed by atoms with E-state index >= 15 is 0 Å². The maximum atomic E-state index is 13.7. The maximum Gasteiger partial charge on any atom is 0.261 e. The standard InChI is InChI=1S/C35H36N4O3S/c1-2-25-42-31-20-12-10-18-29(31)33(40)37-35(43)36-30-19-11-9-17-28(30)34(41)39-23-21-38(22-24-39)32(26-13-5-3-6-14-26)27-15-7-4-8-16-27/h3-20,32H,2,21-25H2,1H3,(H2,36,37,40,43). The molecule has 0 saturated carbocycles. The molecule has 1 aliphatic heterocycles. The Hall–Kier alpha value is -4.53. The van der Waals surface area contributed by atoms with Gasteiger partial charge in [-0.05, 0) is 54.0 Å². The zero-order valence-electron chi connectivity index (χ0n) is 24.2. The molecule has 1 fully saturated rings. The second-order valence-corrected chi connectivity index (χ2v) is 10.8. The first-order chi connectivity index (χ1) is 21.0. The molecule has 2 amide bonds. The number of thiocarbonyl (C=S) groups is 1. The Balaban J connectivity index is 1.24. The van der Waals surface area contributed by atoms with Gasteiger partial charge in [-0.2, -0.15) is 0 Å². The smallest absolute Gasteiger partial charge is 0.261 e. The quantitative estimate of drug-likeness (QED) is 0.227. The van der Waals surface area contributed by atoms with Crippen molar-refractivity contribution in [2.45, 2.75) is 19.4 Å². The number of ether oxygens (including phenoxy) is 1. The molecule has 0 bridgehead atoms. The van der Waals surface area contributed by atoms with Gasteiger partial charge in [0.15, 0.2) is 5.11 Å². The van der Waals surface area contributed by atoms with Gasteiger partial charge in [-0.25, -0.2) is 0 Å². The van der Waals surface area contributed by atoms with Gasteiger partial charge in [0.05, 0.1) is 29.5 Å². The van der Waals surface area contributed by atoms with E-state index < -0.39 is 0 Å². The Morgan fingerprint density at radius 3 is 1.95 bits per heavy atom. The van der Waals surface area contributed by atoms with Crippen molar-refractivity contribution in [2.75, 3.05) is 38.1 Å². The van der Waals surface area contributed by atoms with Gasteiger partial charge >= 0.3 is 0 Å². The van der Waals surface area contributed by atoms with Gasteiger partial charge in [0.2, 0.25) is 0 Å². The predicted octanol–water partition coefficient (Wildman–Crippen LogP) is 6.15. The molecule has 0 atom stereocenters. The third-order valence-electron chi connectivity index (χ3n) is 7.42. The summed E-state index contributed by atoms with van der Waals surface area (Å²) in [5, 5.41) is 5.90. The Kier molecular flexibility index (Phi) is 10.2. The molecule has 0 aliphatic carbocycles. The van der Waals surface area contributed by atoms with Crippen molar-refractivity contribution < 1.29 is 14.3 Å². The molecule has 1 heterocycles. The summed E-state index contributed by atoms with van der Waals surface area (Å²) in [6.07, 6.45) is 0.830. The van der Waals surface area contributed by atoms with Crippen molar-refractivity contribution in [1.29, 1.82) is 0 Å². The van der Waals surface area contributed by atoms with E-state index in [1.54, 1.807) is 30.3 Å². The van der Waals surface area contributed by atoms with E-state index in [2.05, 4.69) is 64.1 Å². The lowest BCUT2D eigenvalue weighted by Crippen LogP contribution is -2.50. The molecular formula is C35H36N4O3S. The number of carbonyl (C=O) groups excluding carboxylic acids is 2. The summed E-state index contributed by atoms with van der Waals surface area (Å²) in [6.45, 7) is 5.19. The van der Waals surface area contributed by atoms with Crippen LogP contribution >= 0.6 is 12.2 Å². The summed E-state index contributed by atoms with van der Waals surface area (Å²) in [6, 6.07) is 35.4. The van der Waals surface area contributed by atoms with Crippen LogP contribution in [0, 0.1) is 0 Å². The molecule has 0 radical (unpaired) electrons. The molecule has 7 nitrogen and oxygen atoms in total. The topological polar surface area (TPSA) is 73.9 Å². The number of carbonyl (C=O) groups is 2. The van der Waals surface area contributed by atoms with Gasteiger partial charge < -0.3 is 15.0 Å². The van der Waals surface area contributed by atoms with Crippen LogP contribution in [0.25, 0.3) is 0 Å². The lowest BCUT2D eigenvalue weighted by atomic mass is 9.96. The summed E-state index contributed by atoms with van der Waals surface area (Å²) >= 11 is 5.47. The minimum absolute atomic E-state index is 0.0776. The van der Waals surface area contributed by atoms with E-state index in [4.69, 9.17) is 17.0 Å². The fraction of sp³-hybridized carbons (Fsp3) is 0.229. The zero-order valence-corrected chi connectivity index (χ0v) is 25.1. The number of rotatable bonds is 9. The van der Waals surface area contributed by atoms with Gasteiger partial charge in [0.25, 0.3) is 11.8 Å². The van der Waals surface area contributed by atoms with Crippen LogP contribution < -0.4 is 15.4 Å². The van der Waals surface area contributed by atoms with E-state index in [-0.39, 0.29) is 23.0 Å². The summed E-state index contributed by atoms with van der Waals surface area (Å²) < 4.78 is 5.72. The van der Waals surface area contributed by atoms with E-state index in [0.717, 1.165) is 19.5 Å². The Morgan fingerprint density at radius 1 is 0.767 bits per heavy atom. The number of piperazine rings is 1. The molecule has 2 N–H and O–H groups in total. The molecule has 1 aliphatic rings. The largest absolute Gasteiger partial charge is 0.493 e. The van der Waals surface area contributed by atoms with Gasteiger partial charge in [0.1, 0.15) is 5.75 Å². The van der Waals surface area contributed by atoms with E-state index in [1.165, 1.54) is 11.1 Å². The van der Waals surface area contributed by atoms with Crippen molar-refractivity contribution in [3.8, 4) is 5.75 Å². The third kappa shape index (κ3) is 7.46. The van der Waals surface area contributed by atoms with Crippen LogP contribution in [0.4, 0.5) is 5.69 Å². The van der Waals surface area contributed by atoms with Crippen LogP contribution in [0.5, 0.6) is 5.75 Å². The van der Waals surface area contributed by atoms with Gasteiger partial charge in [-0.1, -0.05) is 91.9 Å². The Labute approximate surface area is 258 Å². The van der Waals surface area contributed by atoms with Crippen LogP contribution in [-0.2, 0) is 0 Å². The Morgan fingerprint density at radius 2 is 1.33 bits per heavy atom. The molecule has 5 rings (SSSR count). The zero-order chi connectivity index (χ0) is 30.0. The maximum absolute atomic E-state index is 13.7. The highest BCUT2D eigenvalue weighted by Crippen LogP contribution is 2.30. The minimum Gasteiger partial charge on any atom is -0.493 e. The highest BCUT2D eigenvalue weighted by atomic mass is 32.1. The lowest BCUT2D eigenvalue weighted by Gasteiger charge is -2.40. The fourth-order valence-electron chi connectivity index (χ4n) is 5.33. The number of benzene rings is 4. The van der Waals surface area contributed by atoms with Crippen LogP contribution in [0.2, 0.25) is 0 Å². The summed E-state index contributed by atoms with van der Waals surface area (Å²) in [4.78, 5) is 31.0. The molecule has 4 aromatic rings. The number of nitrogens with one attached hydrogen (secondary N) is 2. The van der Waals surface area contributed by atoms with Gasteiger partial charge in [-0.15, -0.1) is 0 Å². The van der Waals surface area contributed by atoms with Crippen LogP contribution in [0.15, 0.2) is 109 Å². The molecule has 0 unspecified atom stereocenters. The summed E-state index contributed by atoms with van der Waals surface area (Å²) in [7, 11) is 0.